The van der Waals surface area contributed by atoms with Crippen LogP contribution < -0.4 is 5.09 Å². The van der Waals surface area contributed by atoms with Crippen LogP contribution in [-0.2, 0) is 9.30 Å². The fraction of sp³-hybridized carbons (Fsp3) is 1.00. The lowest BCUT2D eigenvalue weighted by molar-refractivity contribution is -0.0270. The van der Waals surface area contributed by atoms with Gasteiger partial charge in [0.25, 0.3) is 0 Å². The van der Waals surface area contributed by atoms with Crippen molar-refractivity contribution in [2.75, 3.05) is 6.61 Å². The van der Waals surface area contributed by atoms with E-state index in [0.717, 1.165) is 0 Å². The molecule has 0 amide bonds. The molecule has 84 valence electrons. The van der Waals surface area contributed by atoms with Gasteiger partial charge in [0.05, 0.1) is 6.61 Å². The maximum absolute atomic E-state index is 10.5. The van der Waals surface area contributed by atoms with Crippen molar-refractivity contribution in [1.82, 2.24) is 5.09 Å². The molecule has 0 saturated carbocycles. The van der Waals surface area contributed by atoms with E-state index < -0.39 is 38.9 Å². The Morgan fingerprint density at radius 1 is 1.29 bits per heavy atom. The average molecular weight is 229 g/mol. The second-order valence-electron chi connectivity index (χ2n) is 2.93. The van der Waals surface area contributed by atoms with Crippen molar-refractivity contribution in [3.8, 4) is 0 Å². The first-order valence-corrected chi connectivity index (χ1v) is 5.42. The smallest absolute Gasteiger partial charge is 0.394 e. The lowest BCUT2D eigenvalue weighted by atomic mass is 10.1. The number of rotatable bonds is 3. The van der Waals surface area contributed by atoms with Gasteiger partial charge in [-0.1, -0.05) is 0 Å². The zero-order chi connectivity index (χ0) is 10.9. The molecule has 1 rings (SSSR count). The van der Waals surface area contributed by atoms with Gasteiger partial charge < -0.3 is 29.8 Å². The van der Waals surface area contributed by atoms with E-state index in [-0.39, 0.29) is 0 Å². The van der Waals surface area contributed by atoms with Crippen LogP contribution in [0.1, 0.15) is 0 Å². The second-order valence-corrected chi connectivity index (χ2v) is 4.28. The quantitative estimate of drug-likeness (QED) is 0.283. The summed E-state index contributed by atoms with van der Waals surface area (Å²) in [6.07, 6.45) is -5.29. The highest BCUT2D eigenvalue weighted by Crippen LogP contribution is 2.32. The molecule has 1 heterocycles. The maximum Gasteiger partial charge on any atom is 0.402 e. The van der Waals surface area contributed by atoms with Crippen molar-refractivity contribution in [1.29, 1.82) is 0 Å². The first-order valence-electron chi connectivity index (χ1n) is 3.81. The largest absolute Gasteiger partial charge is 0.402 e. The summed E-state index contributed by atoms with van der Waals surface area (Å²) in [5.74, 6) is 0. The Kier molecular flexibility index (Phi) is 3.62. The molecular weight excluding hydrogens is 217 g/mol. The van der Waals surface area contributed by atoms with E-state index in [0.29, 0.717) is 0 Å². The number of aliphatic hydroxyl groups excluding tert-OH is 3. The van der Waals surface area contributed by atoms with Crippen LogP contribution in [0.2, 0.25) is 0 Å². The zero-order valence-corrected chi connectivity index (χ0v) is 7.91. The third kappa shape index (κ3) is 2.72. The van der Waals surface area contributed by atoms with E-state index in [2.05, 4.69) is 0 Å². The third-order valence-corrected chi connectivity index (χ3v) is 2.43. The molecule has 1 aliphatic heterocycles. The number of hydrogen-bond donors (Lipinski definition) is 6. The van der Waals surface area contributed by atoms with Crippen LogP contribution in [0, 0.1) is 0 Å². The molecule has 0 aliphatic carbocycles. The lowest BCUT2D eigenvalue weighted by Crippen LogP contribution is -2.39. The molecular formula is C5H12NO7P. The van der Waals surface area contributed by atoms with Gasteiger partial charge in [-0.25, -0.2) is 4.57 Å². The van der Waals surface area contributed by atoms with Crippen LogP contribution in [-0.4, -0.2) is 56.3 Å². The van der Waals surface area contributed by atoms with Crippen molar-refractivity contribution < 1.29 is 34.4 Å². The normalized spacial score (nSPS) is 38.9. The van der Waals surface area contributed by atoms with Gasteiger partial charge in [-0.3, -0.25) is 0 Å². The van der Waals surface area contributed by atoms with Crippen molar-refractivity contribution >= 4 is 7.75 Å². The average Bonchev–Trinajstić information content (AvgIpc) is 2.30. The summed E-state index contributed by atoms with van der Waals surface area (Å²) < 4.78 is 15.2. The Balaban J connectivity index is 2.61. The van der Waals surface area contributed by atoms with Gasteiger partial charge in [-0.2, -0.15) is 5.09 Å². The second kappa shape index (κ2) is 4.21. The van der Waals surface area contributed by atoms with E-state index >= 15 is 0 Å². The molecule has 14 heavy (non-hydrogen) atoms. The van der Waals surface area contributed by atoms with Gasteiger partial charge in [-0.05, 0) is 0 Å². The zero-order valence-electron chi connectivity index (χ0n) is 7.02. The van der Waals surface area contributed by atoms with E-state index in [9.17, 15) is 14.8 Å². The van der Waals surface area contributed by atoms with Gasteiger partial charge in [0, 0.05) is 0 Å². The third-order valence-electron chi connectivity index (χ3n) is 1.84. The molecule has 1 unspecified atom stereocenters. The van der Waals surface area contributed by atoms with Crippen molar-refractivity contribution in [3.63, 3.8) is 0 Å². The molecule has 1 aliphatic rings. The van der Waals surface area contributed by atoms with Crippen LogP contribution in [0.4, 0.5) is 0 Å². The minimum absolute atomic E-state index is 0.544. The maximum atomic E-state index is 10.5. The Morgan fingerprint density at radius 2 is 1.86 bits per heavy atom. The fourth-order valence-electron chi connectivity index (χ4n) is 1.17. The Bertz CT molecular complexity index is 242. The molecule has 0 aromatic heterocycles. The van der Waals surface area contributed by atoms with Gasteiger partial charge in [0.2, 0.25) is 0 Å². The van der Waals surface area contributed by atoms with Crippen molar-refractivity contribution in [3.05, 3.63) is 0 Å². The monoisotopic (exact) mass is 229 g/mol. The van der Waals surface area contributed by atoms with E-state index in [4.69, 9.17) is 19.6 Å². The Hall–Kier alpha value is -0.0500. The molecule has 1 saturated heterocycles. The SMILES string of the molecule is O=P(O)(O)NC1O[C@H](CO)[C@@H](O)[C@H]1O. The topological polar surface area (TPSA) is 139 Å². The Labute approximate surface area is 79.3 Å². The summed E-state index contributed by atoms with van der Waals surface area (Å²) in [7, 11) is -4.54. The van der Waals surface area contributed by atoms with Crippen molar-refractivity contribution in [2.45, 2.75) is 24.5 Å². The summed E-state index contributed by atoms with van der Waals surface area (Å²) in [4.78, 5) is 17.0. The van der Waals surface area contributed by atoms with E-state index in [1.165, 1.54) is 0 Å². The summed E-state index contributed by atoms with van der Waals surface area (Å²) in [5.41, 5.74) is 0. The van der Waals surface area contributed by atoms with Crippen molar-refractivity contribution in [2.24, 2.45) is 0 Å². The molecule has 6 N–H and O–H groups in total. The van der Waals surface area contributed by atoms with Crippen LogP contribution >= 0.6 is 7.75 Å². The first kappa shape index (κ1) is 12.0. The highest BCUT2D eigenvalue weighted by atomic mass is 31.2. The minimum atomic E-state index is -4.54. The number of hydrogen-bond acceptors (Lipinski definition) is 5. The number of aliphatic hydroxyl groups is 3. The molecule has 4 atom stereocenters. The lowest BCUT2D eigenvalue weighted by Gasteiger charge is -2.16. The molecule has 0 aromatic rings. The predicted molar refractivity (Wildman–Crippen MR) is 42.9 cm³/mol. The van der Waals surface area contributed by atoms with E-state index in [1.807, 2.05) is 0 Å². The van der Waals surface area contributed by atoms with Crippen LogP contribution in [0.25, 0.3) is 0 Å². The summed E-state index contributed by atoms with van der Waals surface area (Å²) in [6.45, 7) is -0.544. The fourth-order valence-corrected chi connectivity index (χ4v) is 1.72. The molecule has 8 nitrogen and oxygen atoms in total. The number of ether oxygens (including phenoxy) is 1. The highest BCUT2D eigenvalue weighted by molar-refractivity contribution is 7.49. The molecule has 0 radical (unpaired) electrons. The standard InChI is InChI=1S/C5H12NO7P/c7-1-2-3(8)4(9)5(13-2)6-14(10,11)12/h2-5,7-9H,1H2,(H3,6,10,11,12)/t2-,3-,4-,5?/m1/s1. The minimum Gasteiger partial charge on any atom is -0.394 e. The molecule has 0 spiro atoms. The Morgan fingerprint density at radius 3 is 2.21 bits per heavy atom. The number of nitrogens with one attached hydrogen (secondary N) is 1. The highest BCUT2D eigenvalue weighted by Gasteiger charge is 2.44. The van der Waals surface area contributed by atoms with Crippen LogP contribution in [0.5, 0.6) is 0 Å². The summed E-state index contributed by atoms with van der Waals surface area (Å²) >= 11 is 0. The van der Waals surface area contributed by atoms with E-state index in [1.54, 1.807) is 5.09 Å². The first-order chi connectivity index (χ1) is 6.35. The van der Waals surface area contributed by atoms with Gasteiger partial charge in [0.1, 0.15) is 24.5 Å². The van der Waals surface area contributed by atoms with Crippen LogP contribution in [0.3, 0.4) is 0 Å². The van der Waals surface area contributed by atoms with Gasteiger partial charge in [0.15, 0.2) is 0 Å². The summed E-state index contributed by atoms with van der Waals surface area (Å²) in [6, 6.07) is 0. The summed E-state index contributed by atoms with van der Waals surface area (Å²) in [5, 5.41) is 28.8. The molecule has 0 aromatic carbocycles. The van der Waals surface area contributed by atoms with Crippen LogP contribution in [0.15, 0.2) is 0 Å². The molecule has 1 fully saturated rings. The molecule has 0 bridgehead atoms. The molecule has 9 heteroatoms. The predicted octanol–water partition coefficient (Wildman–Crippen LogP) is -2.89. The van der Waals surface area contributed by atoms with Gasteiger partial charge >= 0.3 is 7.75 Å². The van der Waals surface area contributed by atoms with Gasteiger partial charge in [-0.15, -0.1) is 0 Å².